The predicted molar refractivity (Wildman–Crippen MR) is 84.9 cm³/mol. The van der Waals surface area contributed by atoms with Crippen LogP contribution in [0.15, 0.2) is 22.7 Å². The highest BCUT2D eigenvalue weighted by Crippen LogP contribution is 2.30. The number of hydrogen-bond donors (Lipinski definition) is 2. The minimum atomic E-state index is -0.565. The average Bonchev–Trinajstić information content (AvgIpc) is 2.31. The Bertz CT molecular complexity index is 469. The molecule has 1 rings (SSSR count). The molecule has 0 saturated carbocycles. The lowest BCUT2D eigenvalue weighted by molar-refractivity contribution is -0.128. The van der Waals surface area contributed by atoms with E-state index in [1.54, 1.807) is 6.92 Å². The van der Waals surface area contributed by atoms with Crippen LogP contribution in [0.25, 0.3) is 0 Å². The molecule has 1 unspecified atom stereocenters. The van der Waals surface area contributed by atoms with Crippen LogP contribution < -0.4 is 15.8 Å². The Kier molecular flexibility index (Phi) is 6.02. The Labute approximate surface area is 129 Å². The number of nitrogens with two attached hydrogens (primary N) is 1. The van der Waals surface area contributed by atoms with Crippen LogP contribution in [-0.4, -0.2) is 24.1 Å². The van der Waals surface area contributed by atoms with Gasteiger partial charge in [-0.1, -0.05) is 12.1 Å². The molecule has 1 aromatic carbocycles. The summed E-state index contributed by atoms with van der Waals surface area (Å²) < 4.78 is 6.65. The van der Waals surface area contributed by atoms with E-state index in [2.05, 4.69) is 21.2 Å². The fourth-order valence-corrected chi connectivity index (χ4v) is 2.24. The molecule has 0 saturated heterocycles. The fourth-order valence-electron chi connectivity index (χ4n) is 1.74. The summed E-state index contributed by atoms with van der Waals surface area (Å²) in [7, 11) is 0. The number of ether oxygens (including phenoxy) is 1. The number of halogens is 1. The van der Waals surface area contributed by atoms with Gasteiger partial charge in [0.1, 0.15) is 5.75 Å². The van der Waals surface area contributed by atoms with Crippen molar-refractivity contribution in [2.24, 2.45) is 5.73 Å². The molecule has 1 atom stereocenters. The first-order valence-electron chi connectivity index (χ1n) is 6.70. The number of carbonyl (C=O) groups excluding carboxylic acids is 1. The molecule has 3 N–H and O–H groups in total. The Balaban J connectivity index is 2.84. The molecule has 20 heavy (non-hydrogen) atoms. The van der Waals surface area contributed by atoms with Gasteiger partial charge in [-0.25, -0.2) is 0 Å². The molecule has 0 aromatic heterocycles. The second-order valence-electron chi connectivity index (χ2n) is 5.77. The molecule has 0 aliphatic rings. The van der Waals surface area contributed by atoms with Crippen molar-refractivity contribution in [2.75, 3.05) is 6.54 Å². The monoisotopic (exact) mass is 342 g/mol. The normalized spacial score (nSPS) is 12.9. The van der Waals surface area contributed by atoms with Crippen molar-refractivity contribution >= 4 is 21.8 Å². The third-order valence-corrected chi connectivity index (χ3v) is 3.25. The molecule has 4 nitrogen and oxygen atoms in total. The van der Waals surface area contributed by atoms with E-state index in [4.69, 9.17) is 10.5 Å². The van der Waals surface area contributed by atoms with E-state index in [0.717, 1.165) is 10.0 Å². The molecule has 0 bridgehead atoms. The first-order valence-corrected chi connectivity index (χ1v) is 7.50. The summed E-state index contributed by atoms with van der Waals surface area (Å²) in [4.78, 5) is 12.1. The number of hydrogen-bond acceptors (Lipinski definition) is 3. The zero-order valence-corrected chi connectivity index (χ0v) is 14.1. The maximum Gasteiger partial charge on any atom is 0.261 e. The Morgan fingerprint density at radius 1 is 1.45 bits per heavy atom. The second-order valence-corrected chi connectivity index (χ2v) is 6.62. The van der Waals surface area contributed by atoms with Crippen LogP contribution in [0.2, 0.25) is 0 Å². The van der Waals surface area contributed by atoms with Gasteiger partial charge in [-0.15, -0.1) is 0 Å². The van der Waals surface area contributed by atoms with Crippen molar-refractivity contribution in [3.63, 3.8) is 0 Å². The minimum absolute atomic E-state index is 0.132. The molecular weight excluding hydrogens is 320 g/mol. The van der Waals surface area contributed by atoms with Crippen molar-refractivity contribution in [1.82, 2.24) is 5.32 Å². The molecule has 0 fully saturated rings. The van der Waals surface area contributed by atoms with E-state index in [0.29, 0.717) is 18.7 Å². The van der Waals surface area contributed by atoms with Gasteiger partial charge in [0, 0.05) is 5.54 Å². The molecule has 5 heteroatoms. The summed E-state index contributed by atoms with van der Waals surface area (Å²) in [6, 6.07) is 5.78. The summed E-state index contributed by atoms with van der Waals surface area (Å²) in [5.74, 6) is 0.557. The number of benzene rings is 1. The quantitative estimate of drug-likeness (QED) is 0.864. The molecule has 0 heterocycles. The third kappa shape index (κ3) is 5.13. The van der Waals surface area contributed by atoms with Gasteiger partial charge in [-0.3, -0.25) is 4.79 Å². The molecule has 0 aliphatic heterocycles. The van der Waals surface area contributed by atoms with Gasteiger partial charge in [0.25, 0.3) is 5.91 Å². The zero-order chi connectivity index (χ0) is 15.3. The number of rotatable bonds is 5. The molecule has 0 aliphatic carbocycles. The third-order valence-electron chi connectivity index (χ3n) is 2.62. The fraction of sp³-hybridized carbons (Fsp3) is 0.533. The van der Waals surface area contributed by atoms with Crippen LogP contribution >= 0.6 is 15.9 Å². The standard InChI is InChI=1S/C15H23BrN2O2/c1-10(14(19)18-15(2,3)4)20-13-11(8-9-17)6-5-7-12(13)16/h5-7,10H,8-9,17H2,1-4H3,(H,18,19). The van der Waals surface area contributed by atoms with Gasteiger partial charge in [0.2, 0.25) is 0 Å². The Hall–Kier alpha value is -1.07. The molecule has 112 valence electrons. The van der Waals surface area contributed by atoms with Crippen LogP contribution in [0.4, 0.5) is 0 Å². The number of para-hydroxylation sites is 1. The first-order chi connectivity index (χ1) is 9.24. The van der Waals surface area contributed by atoms with Crippen LogP contribution in [0.3, 0.4) is 0 Å². The lowest BCUT2D eigenvalue weighted by atomic mass is 10.1. The van der Waals surface area contributed by atoms with Crippen LogP contribution in [0.5, 0.6) is 5.75 Å². The van der Waals surface area contributed by atoms with E-state index >= 15 is 0 Å². The van der Waals surface area contributed by atoms with Crippen molar-refractivity contribution in [1.29, 1.82) is 0 Å². The number of amides is 1. The van der Waals surface area contributed by atoms with Crippen molar-refractivity contribution in [2.45, 2.75) is 45.8 Å². The summed E-state index contributed by atoms with van der Waals surface area (Å²) in [6.45, 7) is 8.10. The topological polar surface area (TPSA) is 64.3 Å². The van der Waals surface area contributed by atoms with Crippen molar-refractivity contribution < 1.29 is 9.53 Å². The SMILES string of the molecule is CC(Oc1c(Br)cccc1CCN)C(=O)NC(C)(C)C. The maximum absolute atomic E-state index is 12.1. The molecular formula is C15H23BrN2O2. The van der Waals surface area contributed by atoms with Crippen molar-refractivity contribution in [3.05, 3.63) is 28.2 Å². The summed E-state index contributed by atoms with van der Waals surface area (Å²) in [6.07, 6.45) is 0.145. The van der Waals surface area contributed by atoms with E-state index in [-0.39, 0.29) is 11.4 Å². The second kappa shape index (κ2) is 7.09. The van der Waals surface area contributed by atoms with E-state index < -0.39 is 6.10 Å². The first kappa shape index (κ1) is 17.0. The van der Waals surface area contributed by atoms with Gasteiger partial charge in [0.05, 0.1) is 4.47 Å². The maximum atomic E-state index is 12.1. The minimum Gasteiger partial charge on any atom is -0.479 e. The summed E-state index contributed by atoms with van der Waals surface area (Å²) in [5, 5.41) is 2.91. The molecule has 0 spiro atoms. The van der Waals surface area contributed by atoms with Gasteiger partial charge in [-0.05, 0) is 68.2 Å². The molecule has 1 aromatic rings. The molecule has 1 amide bonds. The largest absolute Gasteiger partial charge is 0.479 e. The van der Waals surface area contributed by atoms with Gasteiger partial charge in [-0.2, -0.15) is 0 Å². The highest BCUT2D eigenvalue weighted by molar-refractivity contribution is 9.10. The van der Waals surface area contributed by atoms with Crippen LogP contribution in [-0.2, 0) is 11.2 Å². The van der Waals surface area contributed by atoms with Gasteiger partial charge in [0.15, 0.2) is 6.10 Å². The lowest BCUT2D eigenvalue weighted by Crippen LogP contribution is -2.46. The highest BCUT2D eigenvalue weighted by Gasteiger charge is 2.22. The highest BCUT2D eigenvalue weighted by atomic mass is 79.9. The van der Waals surface area contributed by atoms with Gasteiger partial charge < -0.3 is 15.8 Å². The zero-order valence-electron chi connectivity index (χ0n) is 12.5. The van der Waals surface area contributed by atoms with E-state index in [1.807, 2.05) is 39.0 Å². The van der Waals surface area contributed by atoms with Crippen molar-refractivity contribution in [3.8, 4) is 5.75 Å². The lowest BCUT2D eigenvalue weighted by Gasteiger charge is -2.24. The Morgan fingerprint density at radius 2 is 2.10 bits per heavy atom. The van der Waals surface area contributed by atoms with E-state index in [1.165, 1.54) is 0 Å². The van der Waals surface area contributed by atoms with E-state index in [9.17, 15) is 4.79 Å². The van der Waals surface area contributed by atoms with Gasteiger partial charge >= 0.3 is 0 Å². The van der Waals surface area contributed by atoms with Crippen LogP contribution in [0.1, 0.15) is 33.3 Å². The van der Waals surface area contributed by atoms with Crippen LogP contribution in [0, 0.1) is 0 Å². The smallest absolute Gasteiger partial charge is 0.261 e. The number of nitrogens with one attached hydrogen (secondary N) is 1. The summed E-state index contributed by atoms with van der Waals surface area (Å²) >= 11 is 3.46. The predicted octanol–water partition coefficient (Wildman–Crippen LogP) is 2.63. The molecule has 0 radical (unpaired) electrons. The average molecular weight is 343 g/mol. The summed E-state index contributed by atoms with van der Waals surface area (Å²) in [5.41, 5.74) is 6.33. The Morgan fingerprint density at radius 3 is 2.65 bits per heavy atom. The number of carbonyl (C=O) groups is 1.